The van der Waals surface area contributed by atoms with Gasteiger partial charge in [0.15, 0.2) is 0 Å². The van der Waals surface area contributed by atoms with Gasteiger partial charge in [0.2, 0.25) is 5.91 Å². The number of carbonyl (C=O) groups excluding carboxylic acids is 1. The summed E-state index contributed by atoms with van der Waals surface area (Å²) in [4.78, 5) is 14.2. The van der Waals surface area contributed by atoms with Crippen molar-refractivity contribution in [2.75, 3.05) is 0 Å². The first kappa shape index (κ1) is 12.3. The maximum Gasteiger partial charge on any atom is 0.225 e. The second-order valence-corrected chi connectivity index (χ2v) is 6.07. The van der Waals surface area contributed by atoms with E-state index in [2.05, 4.69) is 16.8 Å². The molecule has 1 atom stereocenters. The Balaban J connectivity index is 1.78. The largest absolute Gasteiger partial charge is 0.353 e. The van der Waals surface area contributed by atoms with E-state index in [0.29, 0.717) is 6.42 Å². The second-order valence-electron chi connectivity index (χ2n) is 4.01. The molecule has 17 heavy (non-hydrogen) atoms. The minimum atomic E-state index is 0.108. The van der Waals surface area contributed by atoms with E-state index in [1.165, 1.54) is 4.88 Å². The van der Waals surface area contributed by atoms with Gasteiger partial charge in [-0.05, 0) is 29.8 Å². The number of amides is 1. The summed E-state index contributed by atoms with van der Waals surface area (Å²) in [6.45, 7) is 2.05. The molecule has 0 aliphatic rings. The van der Waals surface area contributed by atoms with Crippen molar-refractivity contribution in [2.45, 2.75) is 25.8 Å². The Bertz CT molecular complexity index is 448. The van der Waals surface area contributed by atoms with E-state index in [4.69, 9.17) is 0 Å². The molecule has 2 heterocycles. The lowest BCUT2D eigenvalue weighted by Gasteiger charge is -2.12. The fourth-order valence-electron chi connectivity index (χ4n) is 1.68. The van der Waals surface area contributed by atoms with Gasteiger partial charge >= 0.3 is 0 Å². The minimum absolute atomic E-state index is 0.108. The van der Waals surface area contributed by atoms with E-state index < -0.39 is 0 Å². The highest BCUT2D eigenvalue weighted by Crippen LogP contribution is 2.12. The highest BCUT2D eigenvalue weighted by Gasteiger charge is 2.09. The fraction of sp³-hybridized carbons (Fsp3) is 0.308. The smallest absolute Gasteiger partial charge is 0.225 e. The van der Waals surface area contributed by atoms with E-state index in [0.717, 1.165) is 11.3 Å². The van der Waals surface area contributed by atoms with E-state index in [1.54, 1.807) is 22.7 Å². The van der Waals surface area contributed by atoms with Gasteiger partial charge in [-0.2, -0.15) is 0 Å². The van der Waals surface area contributed by atoms with Gasteiger partial charge in [0.05, 0.1) is 6.42 Å². The summed E-state index contributed by atoms with van der Waals surface area (Å²) < 4.78 is 0. The summed E-state index contributed by atoms with van der Waals surface area (Å²) in [7, 11) is 0. The first-order valence-corrected chi connectivity index (χ1v) is 7.34. The van der Waals surface area contributed by atoms with Crippen LogP contribution >= 0.6 is 22.7 Å². The van der Waals surface area contributed by atoms with Crippen LogP contribution < -0.4 is 5.32 Å². The summed E-state index contributed by atoms with van der Waals surface area (Å²) in [5.41, 5.74) is 0. The molecule has 1 amide bonds. The normalized spacial score (nSPS) is 12.3. The van der Waals surface area contributed by atoms with E-state index >= 15 is 0 Å². The molecule has 2 aromatic heterocycles. The van der Waals surface area contributed by atoms with Crippen LogP contribution in [0, 0.1) is 0 Å². The standard InChI is InChI=1S/C13H15NOS2/c1-10(8-11-4-2-6-16-11)14-13(15)9-12-5-3-7-17-12/h2-7,10H,8-9H2,1H3,(H,14,15)/t10-/m0/s1. The fourth-order valence-corrected chi connectivity index (χ4v) is 3.22. The maximum absolute atomic E-state index is 11.7. The minimum Gasteiger partial charge on any atom is -0.353 e. The zero-order valence-corrected chi connectivity index (χ0v) is 11.3. The van der Waals surface area contributed by atoms with Crippen LogP contribution in [0.4, 0.5) is 0 Å². The van der Waals surface area contributed by atoms with E-state index in [9.17, 15) is 4.79 Å². The Morgan fingerprint density at radius 3 is 2.47 bits per heavy atom. The molecule has 1 N–H and O–H groups in total. The summed E-state index contributed by atoms with van der Waals surface area (Å²) in [5.74, 6) is 0.108. The van der Waals surface area contributed by atoms with Crippen LogP contribution in [-0.2, 0) is 17.6 Å². The van der Waals surface area contributed by atoms with Gasteiger partial charge in [-0.1, -0.05) is 12.1 Å². The van der Waals surface area contributed by atoms with Gasteiger partial charge in [0.1, 0.15) is 0 Å². The molecular weight excluding hydrogens is 250 g/mol. The molecule has 0 aromatic carbocycles. The van der Waals surface area contributed by atoms with Crippen molar-refractivity contribution >= 4 is 28.6 Å². The molecule has 4 heteroatoms. The Hall–Kier alpha value is -1.13. The van der Waals surface area contributed by atoms with Crippen molar-refractivity contribution in [3.8, 4) is 0 Å². The first-order valence-electron chi connectivity index (χ1n) is 5.58. The van der Waals surface area contributed by atoms with Gasteiger partial charge < -0.3 is 5.32 Å². The maximum atomic E-state index is 11.7. The quantitative estimate of drug-likeness (QED) is 0.884. The summed E-state index contributed by atoms with van der Waals surface area (Å²) in [6.07, 6.45) is 1.40. The number of rotatable bonds is 5. The molecule has 0 radical (unpaired) electrons. The first-order chi connectivity index (χ1) is 8.24. The summed E-state index contributed by atoms with van der Waals surface area (Å²) in [6, 6.07) is 8.31. The molecule has 0 saturated carbocycles. The van der Waals surface area contributed by atoms with Crippen molar-refractivity contribution in [3.05, 3.63) is 44.8 Å². The molecule has 0 unspecified atom stereocenters. The average Bonchev–Trinajstić information content (AvgIpc) is 2.90. The highest BCUT2D eigenvalue weighted by atomic mass is 32.1. The second kappa shape index (κ2) is 5.98. The molecule has 0 aliphatic heterocycles. The number of nitrogens with one attached hydrogen (secondary N) is 1. The predicted octanol–water partition coefficient (Wildman–Crippen LogP) is 3.10. The van der Waals surface area contributed by atoms with Gasteiger partial charge in [0, 0.05) is 22.2 Å². The lowest BCUT2D eigenvalue weighted by Crippen LogP contribution is -2.34. The monoisotopic (exact) mass is 265 g/mol. The average molecular weight is 265 g/mol. The summed E-state index contributed by atoms with van der Waals surface area (Å²) >= 11 is 3.36. The molecule has 0 bridgehead atoms. The number of hydrogen-bond acceptors (Lipinski definition) is 3. The Morgan fingerprint density at radius 2 is 1.88 bits per heavy atom. The Morgan fingerprint density at radius 1 is 1.24 bits per heavy atom. The van der Waals surface area contributed by atoms with E-state index in [1.807, 2.05) is 30.5 Å². The van der Waals surface area contributed by atoms with Crippen LogP contribution in [0.1, 0.15) is 16.7 Å². The van der Waals surface area contributed by atoms with Gasteiger partial charge in [-0.15, -0.1) is 22.7 Å². The van der Waals surface area contributed by atoms with Crippen LogP contribution in [-0.4, -0.2) is 11.9 Å². The molecule has 0 fully saturated rings. The summed E-state index contributed by atoms with van der Waals surface area (Å²) in [5, 5.41) is 7.09. The molecule has 0 spiro atoms. The molecule has 0 aliphatic carbocycles. The highest BCUT2D eigenvalue weighted by molar-refractivity contribution is 7.10. The van der Waals surface area contributed by atoms with Crippen molar-refractivity contribution in [1.82, 2.24) is 5.32 Å². The Labute approximate surface area is 109 Å². The molecular formula is C13H15NOS2. The third-order valence-corrected chi connectivity index (χ3v) is 4.18. The molecule has 2 aromatic rings. The SMILES string of the molecule is C[C@@H](Cc1cccs1)NC(=O)Cc1cccs1. The lowest BCUT2D eigenvalue weighted by molar-refractivity contribution is -0.120. The van der Waals surface area contributed by atoms with Crippen molar-refractivity contribution in [1.29, 1.82) is 0 Å². The van der Waals surface area contributed by atoms with Crippen molar-refractivity contribution in [3.63, 3.8) is 0 Å². The van der Waals surface area contributed by atoms with Crippen LogP contribution in [0.2, 0.25) is 0 Å². The zero-order valence-electron chi connectivity index (χ0n) is 9.68. The van der Waals surface area contributed by atoms with Crippen LogP contribution in [0.3, 0.4) is 0 Å². The lowest BCUT2D eigenvalue weighted by atomic mass is 10.2. The van der Waals surface area contributed by atoms with Gasteiger partial charge in [0.25, 0.3) is 0 Å². The molecule has 2 nitrogen and oxygen atoms in total. The zero-order chi connectivity index (χ0) is 12.1. The number of hydrogen-bond donors (Lipinski definition) is 1. The van der Waals surface area contributed by atoms with Gasteiger partial charge in [-0.25, -0.2) is 0 Å². The molecule has 2 rings (SSSR count). The predicted molar refractivity (Wildman–Crippen MR) is 73.7 cm³/mol. The topological polar surface area (TPSA) is 29.1 Å². The molecule has 90 valence electrons. The Kier molecular flexibility index (Phi) is 4.34. The van der Waals surface area contributed by atoms with Gasteiger partial charge in [-0.3, -0.25) is 4.79 Å². The third-order valence-electron chi connectivity index (χ3n) is 2.41. The van der Waals surface area contributed by atoms with E-state index in [-0.39, 0.29) is 11.9 Å². The molecule has 0 saturated heterocycles. The van der Waals surface area contributed by atoms with Crippen molar-refractivity contribution in [2.24, 2.45) is 0 Å². The van der Waals surface area contributed by atoms with Crippen LogP contribution in [0.5, 0.6) is 0 Å². The van der Waals surface area contributed by atoms with Crippen LogP contribution in [0.15, 0.2) is 35.0 Å². The number of thiophene rings is 2. The third kappa shape index (κ3) is 3.98. The number of carbonyl (C=O) groups is 1. The van der Waals surface area contributed by atoms with Crippen LogP contribution in [0.25, 0.3) is 0 Å². The van der Waals surface area contributed by atoms with Crippen molar-refractivity contribution < 1.29 is 4.79 Å².